The Morgan fingerprint density at radius 1 is 1.29 bits per heavy atom. The summed E-state index contributed by atoms with van der Waals surface area (Å²) in [7, 11) is 0. The van der Waals surface area contributed by atoms with E-state index >= 15 is 0 Å². The third-order valence-electron chi connectivity index (χ3n) is 3.61. The smallest absolute Gasteiger partial charge is 0.0785 e. The molecule has 0 aromatic carbocycles. The minimum atomic E-state index is -0.172. The fourth-order valence-electron chi connectivity index (χ4n) is 2.69. The van der Waals surface area contributed by atoms with Crippen molar-refractivity contribution in [1.29, 1.82) is 0 Å². The molecule has 2 aliphatic carbocycles. The molecule has 3 heteroatoms. The predicted molar refractivity (Wildman–Crippen MR) is 53.5 cm³/mol. The minimum absolute atomic E-state index is 0.172. The number of fused-ring (bicyclic) bond motifs is 1. The van der Waals surface area contributed by atoms with Gasteiger partial charge in [0.15, 0.2) is 0 Å². The Labute approximate surface area is 83.8 Å². The molecule has 2 fully saturated rings. The van der Waals surface area contributed by atoms with Crippen LogP contribution in [-0.2, 0) is 5.54 Å². The standard InChI is InChI=1S/C11H15N3/c1-7-5-14-10(6-13-7)11(12)3-8-2-9(8)4-11/h5-6,8-9H,2-4,12H2,1H3. The molecule has 3 rings (SSSR count). The summed E-state index contributed by atoms with van der Waals surface area (Å²) < 4.78 is 0. The normalized spacial score (nSPS) is 39.6. The molecule has 74 valence electrons. The van der Waals surface area contributed by atoms with Crippen LogP contribution in [0.5, 0.6) is 0 Å². The second-order valence-corrected chi connectivity index (χ2v) is 4.86. The van der Waals surface area contributed by atoms with Crippen LogP contribution in [0.2, 0.25) is 0 Å². The van der Waals surface area contributed by atoms with E-state index in [2.05, 4.69) is 9.97 Å². The second kappa shape index (κ2) is 2.54. The number of rotatable bonds is 1. The van der Waals surface area contributed by atoms with Crippen molar-refractivity contribution in [2.45, 2.75) is 31.7 Å². The van der Waals surface area contributed by atoms with E-state index in [1.165, 1.54) is 6.42 Å². The van der Waals surface area contributed by atoms with Crippen LogP contribution in [0.15, 0.2) is 12.4 Å². The van der Waals surface area contributed by atoms with Crippen molar-refractivity contribution < 1.29 is 0 Å². The SMILES string of the molecule is Cc1cnc(C2(N)CC3CC3C2)cn1. The maximum atomic E-state index is 6.35. The zero-order chi connectivity index (χ0) is 9.76. The molecule has 0 radical (unpaired) electrons. The van der Waals surface area contributed by atoms with Gasteiger partial charge in [-0.3, -0.25) is 9.97 Å². The van der Waals surface area contributed by atoms with E-state index in [-0.39, 0.29) is 5.54 Å². The van der Waals surface area contributed by atoms with Crippen LogP contribution in [0.1, 0.15) is 30.7 Å². The van der Waals surface area contributed by atoms with Crippen LogP contribution in [-0.4, -0.2) is 9.97 Å². The molecular weight excluding hydrogens is 174 g/mol. The highest BCUT2D eigenvalue weighted by atomic mass is 14.9. The Balaban J connectivity index is 1.90. The van der Waals surface area contributed by atoms with E-state index < -0.39 is 0 Å². The minimum Gasteiger partial charge on any atom is -0.320 e. The van der Waals surface area contributed by atoms with Gasteiger partial charge in [0.05, 0.1) is 23.1 Å². The van der Waals surface area contributed by atoms with Gasteiger partial charge in [-0.05, 0) is 38.0 Å². The molecule has 0 saturated heterocycles. The van der Waals surface area contributed by atoms with E-state index in [4.69, 9.17) is 5.73 Å². The maximum absolute atomic E-state index is 6.35. The summed E-state index contributed by atoms with van der Waals surface area (Å²) in [6.45, 7) is 1.95. The summed E-state index contributed by atoms with van der Waals surface area (Å²) in [5, 5.41) is 0. The Hall–Kier alpha value is -0.960. The maximum Gasteiger partial charge on any atom is 0.0785 e. The van der Waals surface area contributed by atoms with E-state index in [0.29, 0.717) is 0 Å². The molecule has 0 amide bonds. The highest BCUT2D eigenvalue weighted by molar-refractivity contribution is 5.19. The van der Waals surface area contributed by atoms with Crippen LogP contribution in [0.3, 0.4) is 0 Å². The molecule has 2 unspecified atom stereocenters. The first-order valence-electron chi connectivity index (χ1n) is 5.25. The molecule has 0 bridgehead atoms. The molecule has 1 aromatic rings. The first kappa shape index (κ1) is 8.36. The fourth-order valence-corrected chi connectivity index (χ4v) is 2.69. The lowest BCUT2D eigenvalue weighted by molar-refractivity contribution is 0.397. The molecular formula is C11H15N3. The highest BCUT2D eigenvalue weighted by Gasteiger charge is 2.53. The third-order valence-corrected chi connectivity index (χ3v) is 3.61. The van der Waals surface area contributed by atoms with Gasteiger partial charge in [-0.2, -0.15) is 0 Å². The highest BCUT2D eigenvalue weighted by Crippen LogP contribution is 2.57. The summed E-state index contributed by atoms with van der Waals surface area (Å²) in [6.07, 6.45) is 7.26. The molecule has 2 saturated carbocycles. The van der Waals surface area contributed by atoms with Gasteiger partial charge < -0.3 is 5.73 Å². The molecule has 0 spiro atoms. The van der Waals surface area contributed by atoms with Crippen molar-refractivity contribution in [2.24, 2.45) is 17.6 Å². The first-order valence-corrected chi connectivity index (χ1v) is 5.25. The van der Waals surface area contributed by atoms with Crippen LogP contribution < -0.4 is 5.73 Å². The fraction of sp³-hybridized carbons (Fsp3) is 0.636. The lowest BCUT2D eigenvalue weighted by Gasteiger charge is -2.24. The monoisotopic (exact) mass is 189 g/mol. The predicted octanol–water partition coefficient (Wildman–Crippen LogP) is 1.37. The average Bonchev–Trinajstić information content (AvgIpc) is 2.76. The van der Waals surface area contributed by atoms with Crippen molar-refractivity contribution in [2.75, 3.05) is 0 Å². The molecule has 0 aliphatic heterocycles. The van der Waals surface area contributed by atoms with Gasteiger partial charge in [-0.15, -0.1) is 0 Å². The van der Waals surface area contributed by atoms with Gasteiger partial charge in [0.25, 0.3) is 0 Å². The van der Waals surface area contributed by atoms with Crippen LogP contribution >= 0.6 is 0 Å². The van der Waals surface area contributed by atoms with Crippen molar-refractivity contribution in [3.05, 3.63) is 23.8 Å². The summed E-state index contributed by atoms with van der Waals surface area (Å²) in [4.78, 5) is 8.67. The largest absolute Gasteiger partial charge is 0.320 e. The zero-order valence-corrected chi connectivity index (χ0v) is 8.40. The van der Waals surface area contributed by atoms with Crippen molar-refractivity contribution in [3.8, 4) is 0 Å². The zero-order valence-electron chi connectivity index (χ0n) is 8.40. The molecule has 2 aliphatic rings. The second-order valence-electron chi connectivity index (χ2n) is 4.86. The molecule has 1 aromatic heterocycles. The molecule has 3 nitrogen and oxygen atoms in total. The van der Waals surface area contributed by atoms with E-state index in [9.17, 15) is 0 Å². The lowest BCUT2D eigenvalue weighted by atomic mass is 9.91. The lowest BCUT2D eigenvalue weighted by Crippen LogP contribution is -2.36. The Kier molecular flexibility index (Phi) is 1.52. The Morgan fingerprint density at radius 3 is 2.57 bits per heavy atom. The number of aryl methyl sites for hydroxylation is 1. The van der Waals surface area contributed by atoms with E-state index in [1.807, 2.05) is 19.3 Å². The van der Waals surface area contributed by atoms with E-state index in [0.717, 1.165) is 36.1 Å². The summed E-state index contributed by atoms with van der Waals surface area (Å²) in [6, 6.07) is 0. The van der Waals surface area contributed by atoms with Crippen molar-refractivity contribution in [1.82, 2.24) is 9.97 Å². The molecule has 2 atom stereocenters. The molecule has 2 N–H and O–H groups in total. The Morgan fingerprint density at radius 2 is 2.00 bits per heavy atom. The van der Waals surface area contributed by atoms with Gasteiger partial charge >= 0.3 is 0 Å². The van der Waals surface area contributed by atoms with Gasteiger partial charge in [0.1, 0.15) is 0 Å². The van der Waals surface area contributed by atoms with Crippen LogP contribution in [0.25, 0.3) is 0 Å². The third kappa shape index (κ3) is 1.16. The van der Waals surface area contributed by atoms with Gasteiger partial charge in [-0.1, -0.05) is 0 Å². The number of hydrogen-bond donors (Lipinski definition) is 1. The molecule has 1 heterocycles. The van der Waals surface area contributed by atoms with Crippen LogP contribution in [0.4, 0.5) is 0 Å². The Bertz CT molecular complexity index is 347. The van der Waals surface area contributed by atoms with Crippen molar-refractivity contribution in [3.63, 3.8) is 0 Å². The quantitative estimate of drug-likeness (QED) is 0.726. The average molecular weight is 189 g/mol. The number of hydrogen-bond acceptors (Lipinski definition) is 3. The first-order chi connectivity index (χ1) is 6.67. The molecule has 14 heavy (non-hydrogen) atoms. The van der Waals surface area contributed by atoms with Gasteiger partial charge in [0.2, 0.25) is 0 Å². The topological polar surface area (TPSA) is 51.8 Å². The van der Waals surface area contributed by atoms with Crippen LogP contribution in [0, 0.1) is 18.8 Å². The number of nitrogens with two attached hydrogens (primary N) is 1. The van der Waals surface area contributed by atoms with Crippen molar-refractivity contribution >= 4 is 0 Å². The summed E-state index contributed by atoms with van der Waals surface area (Å²) in [5.41, 5.74) is 8.12. The summed E-state index contributed by atoms with van der Waals surface area (Å²) in [5.74, 6) is 1.76. The number of nitrogens with zero attached hydrogens (tertiary/aromatic N) is 2. The summed E-state index contributed by atoms with van der Waals surface area (Å²) >= 11 is 0. The van der Waals surface area contributed by atoms with Gasteiger partial charge in [0, 0.05) is 6.20 Å². The van der Waals surface area contributed by atoms with E-state index in [1.54, 1.807) is 0 Å². The number of aromatic nitrogens is 2. The van der Waals surface area contributed by atoms with Gasteiger partial charge in [-0.25, -0.2) is 0 Å².